The molecule has 0 saturated carbocycles. The van der Waals surface area contributed by atoms with Crippen molar-refractivity contribution in [1.82, 2.24) is 24.6 Å². The van der Waals surface area contributed by atoms with Crippen molar-refractivity contribution >= 4 is 17.1 Å². The highest BCUT2D eigenvalue weighted by Gasteiger charge is 2.29. The van der Waals surface area contributed by atoms with E-state index < -0.39 is 5.60 Å². The minimum Gasteiger partial charge on any atom is -0.468 e. The van der Waals surface area contributed by atoms with Gasteiger partial charge in [-0.3, -0.25) is 9.78 Å². The Morgan fingerprint density at radius 2 is 2.00 bits per heavy atom. The summed E-state index contributed by atoms with van der Waals surface area (Å²) < 4.78 is 12.2. The number of carbonyl (C=O) groups is 1. The highest BCUT2D eigenvalue weighted by atomic mass is 16.6. The predicted molar refractivity (Wildman–Crippen MR) is 90.8 cm³/mol. The molecular formula is C16H23N5O4. The second-order valence-corrected chi connectivity index (χ2v) is 7.10. The Bertz CT molecular complexity index is 827. The molecule has 1 saturated heterocycles. The zero-order valence-electron chi connectivity index (χ0n) is 14.9. The molecule has 0 aliphatic carbocycles. The van der Waals surface area contributed by atoms with Crippen LogP contribution < -0.4 is 10.3 Å². The molecule has 136 valence electrons. The van der Waals surface area contributed by atoms with Crippen LogP contribution in [0.3, 0.4) is 0 Å². The van der Waals surface area contributed by atoms with Crippen LogP contribution in [-0.2, 0) is 4.74 Å². The van der Waals surface area contributed by atoms with Gasteiger partial charge in [0.05, 0.1) is 19.3 Å². The lowest BCUT2D eigenvalue weighted by molar-refractivity contribution is 0.0186. The summed E-state index contributed by atoms with van der Waals surface area (Å²) in [4.78, 5) is 32.7. The number of ether oxygens (including phenoxy) is 2. The van der Waals surface area contributed by atoms with Gasteiger partial charge < -0.3 is 14.4 Å². The Morgan fingerprint density at radius 1 is 1.32 bits per heavy atom. The number of hydrogen-bond acceptors (Lipinski definition) is 6. The van der Waals surface area contributed by atoms with E-state index in [2.05, 4.69) is 15.1 Å². The average Bonchev–Trinajstić information content (AvgIpc) is 2.97. The van der Waals surface area contributed by atoms with Crippen LogP contribution in [0.15, 0.2) is 11.0 Å². The zero-order chi connectivity index (χ0) is 18.2. The number of methoxy groups -OCH3 is 1. The van der Waals surface area contributed by atoms with Gasteiger partial charge in [-0.05, 0) is 33.6 Å². The minimum absolute atomic E-state index is 0.0650. The van der Waals surface area contributed by atoms with E-state index in [4.69, 9.17) is 9.47 Å². The smallest absolute Gasteiger partial charge is 0.410 e. The Labute approximate surface area is 144 Å². The number of aromatic amines is 1. The van der Waals surface area contributed by atoms with Gasteiger partial charge in [-0.25, -0.2) is 9.48 Å². The van der Waals surface area contributed by atoms with Gasteiger partial charge in [0.1, 0.15) is 11.0 Å². The largest absolute Gasteiger partial charge is 0.468 e. The van der Waals surface area contributed by atoms with Crippen LogP contribution in [0.2, 0.25) is 0 Å². The van der Waals surface area contributed by atoms with E-state index in [1.54, 1.807) is 9.58 Å². The maximum atomic E-state index is 12.2. The van der Waals surface area contributed by atoms with Crippen LogP contribution in [0, 0.1) is 0 Å². The lowest BCUT2D eigenvalue weighted by atomic mass is 10.1. The number of rotatable bonds is 2. The number of H-pyrrole nitrogens is 1. The first-order chi connectivity index (χ1) is 11.8. The van der Waals surface area contributed by atoms with Crippen molar-refractivity contribution in [2.24, 2.45) is 0 Å². The SMILES string of the molecule is COc1nc2c(cnn2C2CCN(C(=O)OC(C)(C)C)CC2)c(=O)[nH]1. The van der Waals surface area contributed by atoms with Crippen molar-refractivity contribution in [1.29, 1.82) is 0 Å². The summed E-state index contributed by atoms with van der Waals surface area (Å²) in [6, 6.07) is 0.223. The molecule has 1 aliphatic rings. The third kappa shape index (κ3) is 3.59. The summed E-state index contributed by atoms with van der Waals surface area (Å²) >= 11 is 0. The highest BCUT2D eigenvalue weighted by Crippen LogP contribution is 2.26. The molecule has 0 atom stereocenters. The summed E-state index contributed by atoms with van der Waals surface area (Å²) in [7, 11) is 1.45. The van der Waals surface area contributed by atoms with Gasteiger partial charge in [0.15, 0.2) is 5.65 Å². The molecule has 1 aliphatic heterocycles. The molecule has 2 aromatic heterocycles. The number of aromatic nitrogens is 4. The maximum absolute atomic E-state index is 12.2. The van der Waals surface area contributed by atoms with E-state index >= 15 is 0 Å². The number of likely N-dealkylation sites (tertiary alicyclic amines) is 1. The molecule has 1 N–H and O–H groups in total. The van der Waals surface area contributed by atoms with Crippen LogP contribution in [0.5, 0.6) is 6.01 Å². The fourth-order valence-corrected chi connectivity index (χ4v) is 2.90. The van der Waals surface area contributed by atoms with Crippen molar-refractivity contribution in [3.05, 3.63) is 16.6 Å². The molecule has 9 nitrogen and oxygen atoms in total. The summed E-state index contributed by atoms with van der Waals surface area (Å²) in [5, 5.41) is 4.75. The number of fused-ring (bicyclic) bond motifs is 1. The minimum atomic E-state index is -0.506. The number of nitrogens with one attached hydrogen (secondary N) is 1. The third-order valence-corrected chi connectivity index (χ3v) is 4.10. The van der Waals surface area contributed by atoms with Gasteiger partial charge in [-0.15, -0.1) is 0 Å². The van der Waals surface area contributed by atoms with E-state index in [9.17, 15) is 9.59 Å². The van der Waals surface area contributed by atoms with Gasteiger partial charge in [-0.1, -0.05) is 0 Å². The van der Waals surface area contributed by atoms with Crippen molar-refractivity contribution in [3.8, 4) is 6.01 Å². The predicted octanol–water partition coefficient (Wildman–Crippen LogP) is 1.70. The summed E-state index contributed by atoms with van der Waals surface area (Å²) in [6.45, 7) is 6.70. The molecule has 3 rings (SSSR count). The fraction of sp³-hybridized carbons (Fsp3) is 0.625. The third-order valence-electron chi connectivity index (χ3n) is 4.10. The van der Waals surface area contributed by atoms with Crippen molar-refractivity contribution in [3.63, 3.8) is 0 Å². The Morgan fingerprint density at radius 3 is 2.60 bits per heavy atom. The second-order valence-electron chi connectivity index (χ2n) is 7.10. The second kappa shape index (κ2) is 6.38. The number of piperidine rings is 1. The first-order valence-electron chi connectivity index (χ1n) is 8.28. The molecule has 1 amide bonds. The fourth-order valence-electron chi connectivity index (χ4n) is 2.90. The van der Waals surface area contributed by atoms with E-state index in [1.165, 1.54) is 13.3 Å². The molecule has 1 fully saturated rings. The van der Waals surface area contributed by atoms with Gasteiger partial charge >= 0.3 is 6.09 Å². The monoisotopic (exact) mass is 349 g/mol. The maximum Gasteiger partial charge on any atom is 0.410 e. The van der Waals surface area contributed by atoms with Crippen molar-refractivity contribution < 1.29 is 14.3 Å². The Balaban J connectivity index is 1.75. The molecule has 0 bridgehead atoms. The molecule has 0 spiro atoms. The Kier molecular flexibility index (Phi) is 4.40. The number of carbonyl (C=O) groups excluding carboxylic acids is 1. The van der Waals surface area contributed by atoms with Crippen molar-refractivity contribution in [2.45, 2.75) is 45.3 Å². The number of amides is 1. The quantitative estimate of drug-likeness (QED) is 0.885. The zero-order valence-corrected chi connectivity index (χ0v) is 14.9. The van der Waals surface area contributed by atoms with Crippen LogP contribution in [0.4, 0.5) is 4.79 Å². The standard InChI is InChI=1S/C16H23N5O4/c1-16(2,3)25-15(23)20-7-5-10(6-8-20)21-12-11(9-17-21)13(22)19-14(18-12)24-4/h9-10H,5-8H2,1-4H3,(H,18,19,22). The van der Waals surface area contributed by atoms with Gasteiger partial charge in [-0.2, -0.15) is 10.1 Å². The normalized spacial score (nSPS) is 16.2. The lowest BCUT2D eigenvalue weighted by Gasteiger charge is -2.33. The number of nitrogens with zero attached hydrogens (tertiary/aromatic N) is 4. The average molecular weight is 349 g/mol. The van der Waals surface area contributed by atoms with Gasteiger partial charge in [0.25, 0.3) is 11.6 Å². The molecular weight excluding hydrogens is 326 g/mol. The molecule has 0 radical (unpaired) electrons. The first-order valence-corrected chi connectivity index (χ1v) is 8.28. The van der Waals surface area contributed by atoms with Crippen LogP contribution >= 0.6 is 0 Å². The van der Waals surface area contributed by atoms with Crippen molar-refractivity contribution in [2.75, 3.05) is 20.2 Å². The topological polar surface area (TPSA) is 102 Å². The molecule has 0 unspecified atom stereocenters. The van der Waals surface area contributed by atoms with Gasteiger partial charge in [0.2, 0.25) is 0 Å². The molecule has 25 heavy (non-hydrogen) atoms. The highest BCUT2D eigenvalue weighted by molar-refractivity contribution is 5.73. The Hall–Kier alpha value is -2.58. The first kappa shape index (κ1) is 17.2. The van der Waals surface area contributed by atoms with Crippen LogP contribution in [0.1, 0.15) is 39.7 Å². The van der Waals surface area contributed by atoms with E-state index in [-0.39, 0.29) is 23.7 Å². The van der Waals surface area contributed by atoms with Gasteiger partial charge in [0, 0.05) is 13.1 Å². The molecule has 0 aromatic carbocycles. The number of hydrogen-bond donors (Lipinski definition) is 1. The molecule has 2 aromatic rings. The van der Waals surface area contributed by atoms with E-state index in [1.807, 2.05) is 20.8 Å². The van der Waals surface area contributed by atoms with E-state index in [0.29, 0.717) is 37.0 Å². The summed E-state index contributed by atoms with van der Waals surface area (Å²) in [6.07, 6.45) is 2.65. The summed E-state index contributed by atoms with van der Waals surface area (Å²) in [5.74, 6) is 0. The lowest BCUT2D eigenvalue weighted by Crippen LogP contribution is -2.42. The molecule has 9 heteroatoms. The van der Waals surface area contributed by atoms with Crippen LogP contribution in [-0.4, -0.2) is 56.5 Å². The summed E-state index contributed by atoms with van der Waals surface area (Å²) in [5.41, 5.74) is -0.288. The molecule has 3 heterocycles. The van der Waals surface area contributed by atoms with E-state index in [0.717, 1.165) is 0 Å². The van der Waals surface area contributed by atoms with Crippen LogP contribution in [0.25, 0.3) is 11.0 Å².